The van der Waals surface area contributed by atoms with Crippen LogP contribution < -0.4 is 4.74 Å². The molecule has 1 aliphatic rings. The number of likely N-dealkylation sites (N-methyl/N-ethyl adjacent to an activating group) is 1. The molecule has 5 nitrogen and oxygen atoms in total. The van der Waals surface area contributed by atoms with E-state index in [1.807, 2.05) is 18.0 Å². The van der Waals surface area contributed by atoms with E-state index >= 15 is 0 Å². The van der Waals surface area contributed by atoms with E-state index in [9.17, 15) is 13.6 Å². The molecule has 0 saturated carbocycles. The average Bonchev–Trinajstić information content (AvgIpc) is 2.74. The Balaban J connectivity index is 0.00000312. The van der Waals surface area contributed by atoms with Crippen molar-refractivity contribution >= 4 is 18.4 Å². The number of hydrogen-bond donors (Lipinski definition) is 1. The van der Waals surface area contributed by atoms with Crippen LogP contribution in [0.15, 0.2) is 24.3 Å². The van der Waals surface area contributed by atoms with Crippen molar-refractivity contribution in [3.8, 4) is 5.75 Å². The molecule has 0 spiro atoms. The van der Waals surface area contributed by atoms with E-state index in [1.54, 1.807) is 18.2 Å². The number of aliphatic carboxylic acids is 1. The number of rotatable bonds is 7. The molecular weight excluding hydrogens is 354 g/mol. The molecular formula is C17H25ClF2N2O3. The molecule has 2 rings (SSSR count). The lowest BCUT2D eigenvalue weighted by Crippen LogP contribution is -2.36. The average molecular weight is 379 g/mol. The summed E-state index contributed by atoms with van der Waals surface area (Å²) in [7, 11) is 1.83. The highest BCUT2D eigenvalue weighted by Gasteiger charge is 2.22. The van der Waals surface area contributed by atoms with Crippen LogP contribution in [-0.2, 0) is 11.3 Å². The maximum atomic E-state index is 12.5. The molecule has 1 fully saturated rings. The molecule has 0 aromatic heterocycles. The Bertz CT molecular complexity index is 548. The zero-order valence-electron chi connectivity index (χ0n) is 14.2. The zero-order chi connectivity index (χ0) is 17.5. The van der Waals surface area contributed by atoms with Crippen molar-refractivity contribution in [1.29, 1.82) is 0 Å². The lowest BCUT2D eigenvalue weighted by Gasteiger charge is -2.26. The van der Waals surface area contributed by atoms with E-state index in [0.29, 0.717) is 6.54 Å². The van der Waals surface area contributed by atoms with Crippen LogP contribution in [-0.4, -0.2) is 60.2 Å². The number of likely N-dealkylation sites (tertiary alicyclic amines) is 1. The van der Waals surface area contributed by atoms with Crippen LogP contribution in [0.1, 0.15) is 24.8 Å². The fourth-order valence-electron chi connectivity index (χ4n) is 3.17. The first-order valence-corrected chi connectivity index (χ1v) is 8.13. The predicted molar refractivity (Wildman–Crippen MR) is 93.5 cm³/mol. The lowest BCUT2D eigenvalue weighted by molar-refractivity contribution is -0.138. The third kappa shape index (κ3) is 7.13. The van der Waals surface area contributed by atoms with Gasteiger partial charge in [-0.25, -0.2) is 0 Å². The second-order valence-electron chi connectivity index (χ2n) is 6.16. The summed E-state index contributed by atoms with van der Waals surface area (Å²) in [6.45, 7) is -0.573. The number of benzene rings is 1. The van der Waals surface area contributed by atoms with E-state index < -0.39 is 12.6 Å². The summed E-state index contributed by atoms with van der Waals surface area (Å²) in [5.41, 5.74) is 0.746. The van der Waals surface area contributed by atoms with E-state index in [1.165, 1.54) is 0 Å². The molecule has 1 aromatic carbocycles. The summed E-state index contributed by atoms with van der Waals surface area (Å²) in [4.78, 5) is 14.9. The minimum absolute atomic E-state index is 0. The minimum atomic E-state index is -2.83. The summed E-state index contributed by atoms with van der Waals surface area (Å²) < 4.78 is 29.6. The number of nitrogens with zero attached hydrogens (tertiary/aromatic N) is 2. The standard InChI is InChI=1S/C17H24F2N2O3.ClH/c1-20(12-16(22)23)14-6-4-9-21(10-8-14)11-13-5-2-3-7-15(13)24-17(18)19;/h2-3,5,7,14,17H,4,6,8-12H2,1H3,(H,22,23);1H. The van der Waals surface area contributed by atoms with Crippen LogP contribution in [0.3, 0.4) is 0 Å². The monoisotopic (exact) mass is 378 g/mol. The Labute approximate surface area is 153 Å². The summed E-state index contributed by atoms with van der Waals surface area (Å²) in [6, 6.07) is 7.09. The van der Waals surface area contributed by atoms with Gasteiger partial charge in [-0.2, -0.15) is 8.78 Å². The SMILES string of the molecule is CN(CC(=O)O)C1CCCN(Cc2ccccc2OC(F)F)CC1.Cl. The van der Waals surface area contributed by atoms with Gasteiger partial charge in [0.05, 0.1) is 6.54 Å². The largest absolute Gasteiger partial charge is 0.480 e. The zero-order valence-corrected chi connectivity index (χ0v) is 15.1. The van der Waals surface area contributed by atoms with Gasteiger partial charge in [-0.1, -0.05) is 18.2 Å². The van der Waals surface area contributed by atoms with Crippen molar-refractivity contribution in [2.45, 2.75) is 38.5 Å². The molecule has 0 aliphatic carbocycles. The fraction of sp³-hybridized carbons (Fsp3) is 0.588. The number of carbonyl (C=O) groups is 1. The highest BCUT2D eigenvalue weighted by molar-refractivity contribution is 5.85. The van der Waals surface area contributed by atoms with Crippen LogP contribution in [0, 0.1) is 0 Å². The second-order valence-corrected chi connectivity index (χ2v) is 6.16. The van der Waals surface area contributed by atoms with Gasteiger partial charge in [-0.05, 0) is 45.5 Å². The van der Waals surface area contributed by atoms with Crippen molar-refractivity contribution in [1.82, 2.24) is 9.80 Å². The Hall–Kier alpha value is -1.44. The van der Waals surface area contributed by atoms with Gasteiger partial charge in [0.1, 0.15) is 5.75 Å². The van der Waals surface area contributed by atoms with Crippen molar-refractivity contribution in [2.75, 3.05) is 26.7 Å². The molecule has 1 unspecified atom stereocenters. The van der Waals surface area contributed by atoms with E-state index in [-0.39, 0.29) is 30.7 Å². The first kappa shape index (κ1) is 21.6. The maximum Gasteiger partial charge on any atom is 0.387 e. The van der Waals surface area contributed by atoms with Gasteiger partial charge < -0.3 is 9.84 Å². The molecule has 1 saturated heterocycles. The number of hydrogen-bond acceptors (Lipinski definition) is 4. The maximum absolute atomic E-state index is 12.5. The van der Waals surface area contributed by atoms with Crippen molar-refractivity contribution in [2.24, 2.45) is 0 Å². The number of para-hydroxylation sites is 1. The first-order valence-electron chi connectivity index (χ1n) is 8.13. The van der Waals surface area contributed by atoms with Crippen molar-refractivity contribution in [3.05, 3.63) is 29.8 Å². The number of carboxylic acid groups (broad SMARTS) is 1. The van der Waals surface area contributed by atoms with Crippen molar-refractivity contribution in [3.63, 3.8) is 0 Å². The van der Waals surface area contributed by atoms with Gasteiger partial charge in [-0.3, -0.25) is 14.6 Å². The molecule has 1 heterocycles. The quantitative estimate of drug-likeness (QED) is 0.790. The highest BCUT2D eigenvalue weighted by Crippen LogP contribution is 2.24. The van der Waals surface area contributed by atoms with Crippen LogP contribution in [0.2, 0.25) is 0 Å². The van der Waals surface area contributed by atoms with Crippen LogP contribution in [0.5, 0.6) is 5.75 Å². The molecule has 25 heavy (non-hydrogen) atoms. The van der Waals surface area contributed by atoms with E-state index in [4.69, 9.17) is 5.11 Å². The fourth-order valence-corrected chi connectivity index (χ4v) is 3.17. The molecule has 0 amide bonds. The van der Waals surface area contributed by atoms with Gasteiger partial charge in [-0.15, -0.1) is 12.4 Å². The second kappa shape index (κ2) is 10.5. The van der Waals surface area contributed by atoms with E-state index in [0.717, 1.165) is 37.9 Å². The van der Waals surface area contributed by atoms with Gasteiger partial charge in [0.2, 0.25) is 0 Å². The topological polar surface area (TPSA) is 53.0 Å². The third-order valence-corrected chi connectivity index (χ3v) is 4.38. The smallest absolute Gasteiger partial charge is 0.387 e. The molecule has 0 radical (unpaired) electrons. The molecule has 1 aromatic rings. The number of ether oxygens (including phenoxy) is 1. The first-order chi connectivity index (χ1) is 11.5. The predicted octanol–water partition coefficient (Wildman–Crippen LogP) is 3.08. The number of carboxylic acids is 1. The Morgan fingerprint density at radius 3 is 2.76 bits per heavy atom. The Morgan fingerprint density at radius 2 is 2.08 bits per heavy atom. The molecule has 142 valence electrons. The molecule has 0 bridgehead atoms. The van der Waals surface area contributed by atoms with Crippen LogP contribution in [0.4, 0.5) is 8.78 Å². The molecule has 1 N–H and O–H groups in total. The Morgan fingerprint density at radius 1 is 1.36 bits per heavy atom. The Kier molecular flexibility index (Phi) is 9.10. The summed E-state index contributed by atoms with van der Waals surface area (Å²) in [5, 5.41) is 8.91. The summed E-state index contributed by atoms with van der Waals surface area (Å²) in [6.07, 6.45) is 2.75. The van der Waals surface area contributed by atoms with Gasteiger partial charge in [0.15, 0.2) is 0 Å². The van der Waals surface area contributed by atoms with Gasteiger partial charge in [0, 0.05) is 18.2 Å². The highest BCUT2D eigenvalue weighted by atomic mass is 35.5. The minimum Gasteiger partial charge on any atom is -0.480 e. The summed E-state index contributed by atoms with van der Waals surface area (Å²) in [5.74, 6) is -0.604. The normalized spacial score (nSPS) is 18.7. The van der Waals surface area contributed by atoms with Crippen LogP contribution >= 0.6 is 12.4 Å². The lowest BCUT2D eigenvalue weighted by atomic mass is 10.1. The number of halogens is 3. The van der Waals surface area contributed by atoms with Gasteiger partial charge in [0.25, 0.3) is 0 Å². The van der Waals surface area contributed by atoms with Crippen molar-refractivity contribution < 1.29 is 23.4 Å². The van der Waals surface area contributed by atoms with Crippen LogP contribution in [0.25, 0.3) is 0 Å². The summed E-state index contributed by atoms with van der Waals surface area (Å²) >= 11 is 0. The number of alkyl halides is 2. The third-order valence-electron chi connectivity index (χ3n) is 4.38. The van der Waals surface area contributed by atoms with E-state index in [2.05, 4.69) is 9.64 Å². The molecule has 1 aliphatic heterocycles. The molecule has 8 heteroatoms. The molecule has 1 atom stereocenters. The van der Waals surface area contributed by atoms with Gasteiger partial charge >= 0.3 is 12.6 Å².